The lowest BCUT2D eigenvalue weighted by atomic mass is 10.1. The zero-order valence-corrected chi connectivity index (χ0v) is 13.9. The Hall–Kier alpha value is -1.63. The number of hydrogen-bond donors (Lipinski definition) is 3. The van der Waals surface area contributed by atoms with Crippen molar-refractivity contribution in [3.63, 3.8) is 0 Å². The highest BCUT2D eigenvalue weighted by molar-refractivity contribution is 7.09. The third kappa shape index (κ3) is 4.43. The Bertz CT molecular complexity index is 630. The minimum atomic E-state index is -0.484. The van der Waals surface area contributed by atoms with Gasteiger partial charge in [0.2, 0.25) is 0 Å². The molecule has 3 N–H and O–H groups in total. The van der Waals surface area contributed by atoms with Crippen LogP contribution < -0.4 is 10.6 Å². The lowest BCUT2D eigenvalue weighted by Gasteiger charge is -2.19. The minimum absolute atomic E-state index is 0.191. The molecule has 22 heavy (non-hydrogen) atoms. The summed E-state index contributed by atoms with van der Waals surface area (Å²) in [5, 5.41) is 18.4. The van der Waals surface area contributed by atoms with Crippen LogP contribution in [0.3, 0.4) is 0 Å². The van der Waals surface area contributed by atoms with Crippen molar-refractivity contribution < 1.29 is 9.90 Å². The van der Waals surface area contributed by atoms with Crippen LogP contribution in [-0.2, 0) is 0 Å². The molecule has 0 saturated carbocycles. The molecule has 118 valence electrons. The number of nitrogens with zero attached hydrogens (tertiary/aromatic N) is 1. The van der Waals surface area contributed by atoms with Crippen LogP contribution in [0.25, 0.3) is 0 Å². The van der Waals surface area contributed by atoms with Gasteiger partial charge in [-0.1, -0.05) is 23.7 Å². The van der Waals surface area contributed by atoms with E-state index in [1.165, 1.54) is 11.3 Å². The predicted molar refractivity (Wildman–Crippen MR) is 88.2 cm³/mol. The van der Waals surface area contributed by atoms with Gasteiger partial charge in [-0.25, -0.2) is 9.78 Å². The maximum atomic E-state index is 12.1. The van der Waals surface area contributed by atoms with E-state index in [0.29, 0.717) is 5.02 Å². The Morgan fingerprint density at radius 3 is 2.59 bits per heavy atom. The average Bonchev–Trinajstić information content (AvgIpc) is 2.92. The summed E-state index contributed by atoms with van der Waals surface area (Å²) in [6.45, 7) is 3.59. The molecule has 2 rings (SSSR count). The predicted octanol–water partition coefficient (Wildman–Crippen LogP) is 3.20. The topological polar surface area (TPSA) is 74.2 Å². The van der Waals surface area contributed by atoms with Gasteiger partial charge < -0.3 is 15.7 Å². The third-order valence-electron chi connectivity index (χ3n) is 3.12. The van der Waals surface area contributed by atoms with Crippen molar-refractivity contribution in [2.24, 2.45) is 0 Å². The van der Waals surface area contributed by atoms with Gasteiger partial charge in [-0.2, -0.15) is 0 Å². The first-order valence-electron chi connectivity index (χ1n) is 6.85. The first kappa shape index (κ1) is 16.7. The second-order valence-electron chi connectivity index (χ2n) is 4.95. The highest BCUT2D eigenvalue weighted by Crippen LogP contribution is 2.18. The molecular formula is C15H18ClN3O2S. The molecular weight excluding hydrogens is 322 g/mol. The number of thiazole rings is 1. The first-order chi connectivity index (χ1) is 10.5. The fourth-order valence-electron chi connectivity index (χ4n) is 1.96. The van der Waals surface area contributed by atoms with Crippen molar-refractivity contribution in [2.75, 3.05) is 6.61 Å². The monoisotopic (exact) mass is 339 g/mol. The Kier molecular flexibility index (Phi) is 5.76. The molecule has 1 aromatic carbocycles. The van der Waals surface area contributed by atoms with Crippen molar-refractivity contribution in [3.8, 4) is 0 Å². The number of aliphatic hydroxyl groups is 1. The molecule has 0 aliphatic rings. The summed E-state index contributed by atoms with van der Waals surface area (Å²) in [6.07, 6.45) is 0. The summed E-state index contributed by atoms with van der Waals surface area (Å²) in [5.41, 5.74) is 1.73. The Labute approximate surface area is 138 Å². The lowest BCUT2D eigenvalue weighted by molar-refractivity contribution is 0.214. The number of urea groups is 1. The van der Waals surface area contributed by atoms with E-state index in [-0.39, 0.29) is 18.7 Å². The zero-order chi connectivity index (χ0) is 16.1. The molecule has 1 aromatic heterocycles. The maximum Gasteiger partial charge on any atom is 0.315 e. The number of carbonyl (C=O) groups excluding carboxylic acids is 1. The van der Waals surface area contributed by atoms with E-state index in [4.69, 9.17) is 11.6 Å². The van der Waals surface area contributed by atoms with Crippen molar-refractivity contribution in [1.82, 2.24) is 15.6 Å². The molecule has 0 saturated heterocycles. The van der Waals surface area contributed by atoms with E-state index in [9.17, 15) is 9.90 Å². The van der Waals surface area contributed by atoms with Crippen molar-refractivity contribution in [3.05, 3.63) is 50.9 Å². The van der Waals surface area contributed by atoms with Gasteiger partial charge in [-0.15, -0.1) is 11.3 Å². The Morgan fingerprint density at radius 1 is 1.36 bits per heavy atom. The van der Waals surface area contributed by atoms with Crippen LogP contribution in [0.1, 0.15) is 35.3 Å². The molecule has 0 fully saturated rings. The highest BCUT2D eigenvalue weighted by atomic mass is 35.5. The maximum absolute atomic E-state index is 12.1. The van der Waals surface area contributed by atoms with Gasteiger partial charge in [-0.3, -0.25) is 0 Å². The summed E-state index contributed by atoms with van der Waals surface area (Å²) in [7, 11) is 0. The van der Waals surface area contributed by atoms with Crippen LogP contribution in [0.2, 0.25) is 5.02 Å². The van der Waals surface area contributed by atoms with Crippen LogP contribution in [0.15, 0.2) is 29.6 Å². The van der Waals surface area contributed by atoms with Crippen LogP contribution in [0.5, 0.6) is 0 Å². The van der Waals surface area contributed by atoms with E-state index in [0.717, 1.165) is 16.3 Å². The molecule has 5 nitrogen and oxygen atoms in total. The Morgan fingerprint density at radius 2 is 2.05 bits per heavy atom. The summed E-state index contributed by atoms with van der Waals surface area (Å²) in [6, 6.07) is 5.97. The second-order valence-corrected chi connectivity index (χ2v) is 6.28. The number of hydrogen-bond acceptors (Lipinski definition) is 4. The molecule has 1 heterocycles. The number of amides is 2. The number of halogens is 1. The SMILES string of the molecule is Cc1csc(C(C)NC(=O)NC(CO)c2ccc(Cl)cc2)n1. The molecule has 2 unspecified atom stereocenters. The van der Waals surface area contributed by atoms with Crippen LogP contribution in [0.4, 0.5) is 4.79 Å². The molecule has 0 aliphatic heterocycles. The highest BCUT2D eigenvalue weighted by Gasteiger charge is 2.17. The summed E-state index contributed by atoms with van der Waals surface area (Å²) in [4.78, 5) is 16.4. The number of aliphatic hydroxyl groups excluding tert-OH is 1. The fraction of sp³-hybridized carbons (Fsp3) is 0.333. The second kappa shape index (κ2) is 7.58. The van der Waals surface area contributed by atoms with Crippen molar-refractivity contribution in [1.29, 1.82) is 0 Å². The van der Waals surface area contributed by atoms with Gasteiger partial charge in [0, 0.05) is 16.1 Å². The normalized spacial score (nSPS) is 13.5. The summed E-state index contributed by atoms with van der Waals surface area (Å²) >= 11 is 7.34. The van der Waals surface area contributed by atoms with E-state index >= 15 is 0 Å². The molecule has 0 aliphatic carbocycles. The number of nitrogens with one attached hydrogen (secondary N) is 2. The van der Waals surface area contributed by atoms with Gasteiger partial charge in [0.1, 0.15) is 5.01 Å². The van der Waals surface area contributed by atoms with Crippen LogP contribution >= 0.6 is 22.9 Å². The zero-order valence-electron chi connectivity index (χ0n) is 12.3. The average molecular weight is 340 g/mol. The van der Waals surface area contributed by atoms with E-state index < -0.39 is 6.04 Å². The third-order valence-corrected chi connectivity index (χ3v) is 4.51. The molecule has 0 spiro atoms. The molecule has 2 aromatic rings. The smallest absolute Gasteiger partial charge is 0.315 e. The van der Waals surface area contributed by atoms with Crippen molar-refractivity contribution in [2.45, 2.75) is 25.9 Å². The van der Waals surface area contributed by atoms with Gasteiger partial charge in [0.15, 0.2) is 0 Å². The quantitative estimate of drug-likeness (QED) is 0.783. The largest absolute Gasteiger partial charge is 0.394 e. The lowest BCUT2D eigenvalue weighted by Crippen LogP contribution is -2.40. The van der Waals surface area contributed by atoms with E-state index in [1.54, 1.807) is 24.3 Å². The van der Waals surface area contributed by atoms with Crippen LogP contribution in [0, 0.1) is 6.92 Å². The number of aromatic nitrogens is 1. The van der Waals surface area contributed by atoms with E-state index in [1.807, 2.05) is 19.2 Å². The molecule has 0 radical (unpaired) electrons. The van der Waals surface area contributed by atoms with Crippen LogP contribution in [-0.4, -0.2) is 22.7 Å². The first-order valence-corrected chi connectivity index (χ1v) is 8.10. The molecule has 2 atom stereocenters. The Balaban J connectivity index is 1.96. The molecule has 7 heteroatoms. The van der Waals surface area contributed by atoms with Gasteiger partial charge in [-0.05, 0) is 31.5 Å². The van der Waals surface area contributed by atoms with E-state index in [2.05, 4.69) is 15.6 Å². The molecule has 0 bridgehead atoms. The summed E-state index contributed by atoms with van der Waals surface area (Å²) in [5.74, 6) is 0. The van der Waals surface area contributed by atoms with Crippen molar-refractivity contribution >= 4 is 29.0 Å². The standard InChI is InChI=1S/C15H18ClN3O2S/c1-9-8-22-14(17-9)10(2)18-15(21)19-13(7-20)11-3-5-12(16)6-4-11/h3-6,8,10,13,20H,7H2,1-2H3,(H2,18,19,21). The van der Waals surface area contributed by atoms with Gasteiger partial charge >= 0.3 is 6.03 Å². The number of carbonyl (C=O) groups is 1. The fourth-order valence-corrected chi connectivity index (χ4v) is 2.89. The summed E-state index contributed by atoms with van der Waals surface area (Å²) < 4.78 is 0. The van der Waals surface area contributed by atoms with Gasteiger partial charge in [0.05, 0.1) is 18.7 Å². The number of rotatable bonds is 5. The van der Waals surface area contributed by atoms with Gasteiger partial charge in [0.25, 0.3) is 0 Å². The number of aryl methyl sites for hydroxylation is 1. The molecule has 2 amide bonds. The minimum Gasteiger partial charge on any atom is -0.394 e. The number of benzene rings is 1.